The zero-order chi connectivity index (χ0) is 24.3. The number of anilines is 1. The van der Waals surface area contributed by atoms with Crippen molar-refractivity contribution in [3.05, 3.63) is 65.5 Å². The summed E-state index contributed by atoms with van der Waals surface area (Å²) in [6.07, 6.45) is -6.36. The first-order valence-electron chi connectivity index (χ1n) is 11.3. The van der Waals surface area contributed by atoms with Crippen molar-refractivity contribution in [2.24, 2.45) is 0 Å². The van der Waals surface area contributed by atoms with E-state index in [1.807, 2.05) is 4.90 Å². The van der Waals surface area contributed by atoms with E-state index in [1.54, 1.807) is 18.2 Å². The lowest BCUT2D eigenvalue weighted by molar-refractivity contribution is -0.137. The topological polar surface area (TPSA) is 68.2 Å². The highest BCUT2D eigenvalue weighted by Gasteiger charge is 2.46. The largest absolute Gasteiger partial charge is 0.416 e. The van der Waals surface area contributed by atoms with Gasteiger partial charge in [-0.2, -0.15) is 13.2 Å². The lowest BCUT2D eigenvalue weighted by Gasteiger charge is -2.41. The molecule has 0 bridgehead atoms. The number of piperazine rings is 1. The number of nitrogens with zero attached hydrogens (tertiary/aromatic N) is 2. The van der Waals surface area contributed by atoms with Gasteiger partial charge in [0.2, 0.25) is 0 Å². The predicted molar refractivity (Wildman–Crippen MR) is 141 cm³/mol. The van der Waals surface area contributed by atoms with Crippen LogP contribution in [-0.4, -0.2) is 78.8 Å². The first kappa shape index (κ1) is 33.7. The molecular formula is C24H32Cl3F4N3O3. The maximum atomic E-state index is 13.1. The predicted octanol–water partition coefficient (Wildman–Crippen LogP) is 3.51. The van der Waals surface area contributed by atoms with Crippen LogP contribution in [0.5, 0.6) is 0 Å². The van der Waals surface area contributed by atoms with Crippen molar-refractivity contribution < 1.29 is 32.5 Å². The molecule has 2 aliphatic heterocycles. The van der Waals surface area contributed by atoms with Gasteiger partial charge in [-0.1, -0.05) is 18.2 Å². The van der Waals surface area contributed by atoms with Gasteiger partial charge in [-0.15, -0.1) is 37.2 Å². The average molecular weight is 593 g/mol. The Morgan fingerprint density at radius 1 is 0.946 bits per heavy atom. The molecule has 4 rings (SSSR count). The lowest BCUT2D eigenvalue weighted by Crippen LogP contribution is -2.57. The Balaban J connectivity index is 0.00000228. The van der Waals surface area contributed by atoms with Gasteiger partial charge < -0.3 is 25.2 Å². The van der Waals surface area contributed by atoms with Crippen LogP contribution >= 0.6 is 37.2 Å². The SMILES string of the molecule is Cl.Cl.Cl.OC[C@@H]1O[C@H](CNCc2ccc(F)cc2)[C@H](N2CCN(c3cccc(C(F)(F)F)c3)CC2)[C@@H]1O. The van der Waals surface area contributed by atoms with Crippen molar-refractivity contribution in [2.75, 3.05) is 44.2 Å². The van der Waals surface area contributed by atoms with Crippen LogP contribution in [0.15, 0.2) is 48.5 Å². The highest BCUT2D eigenvalue weighted by Crippen LogP contribution is 2.32. The van der Waals surface area contributed by atoms with Gasteiger partial charge in [0.25, 0.3) is 0 Å². The van der Waals surface area contributed by atoms with Crippen molar-refractivity contribution in [2.45, 2.75) is 37.1 Å². The van der Waals surface area contributed by atoms with Crippen LogP contribution in [0.1, 0.15) is 11.1 Å². The van der Waals surface area contributed by atoms with Gasteiger partial charge in [-0.05, 0) is 35.9 Å². The zero-order valence-electron chi connectivity index (χ0n) is 19.8. The number of nitrogens with one attached hydrogen (secondary N) is 1. The Morgan fingerprint density at radius 2 is 1.59 bits per heavy atom. The second-order valence-corrected chi connectivity index (χ2v) is 8.71. The standard InChI is InChI=1S/C24H29F4N3O3.3ClH/c25-18-6-4-16(5-7-18)13-29-14-20-22(23(33)21(15-32)34-20)31-10-8-30(9-11-31)19-3-1-2-17(12-19)24(26,27)28;;;/h1-7,12,20-23,29,32-33H,8-11,13-15H2;3*1H/t20-,21+,22+,23-;;;/m1.../s1. The molecule has 2 aromatic rings. The average Bonchev–Trinajstić information content (AvgIpc) is 3.15. The third-order valence-electron chi connectivity index (χ3n) is 6.50. The van der Waals surface area contributed by atoms with Crippen LogP contribution < -0.4 is 10.2 Å². The van der Waals surface area contributed by atoms with Crippen molar-refractivity contribution >= 4 is 42.9 Å². The summed E-state index contributed by atoms with van der Waals surface area (Å²) in [7, 11) is 0. The third kappa shape index (κ3) is 8.31. The summed E-state index contributed by atoms with van der Waals surface area (Å²) in [6.45, 7) is 2.69. The van der Waals surface area contributed by atoms with Crippen LogP contribution in [0.3, 0.4) is 0 Å². The van der Waals surface area contributed by atoms with Gasteiger partial charge >= 0.3 is 6.18 Å². The fourth-order valence-electron chi connectivity index (χ4n) is 4.71. The number of rotatable bonds is 7. The van der Waals surface area contributed by atoms with Gasteiger partial charge in [0.1, 0.15) is 18.0 Å². The van der Waals surface area contributed by atoms with Crippen LogP contribution in [0, 0.1) is 5.82 Å². The molecule has 2 saturated heterocycles. The molecule has 0 aromatic heterocycles. The van der Waals surface area contributed by atoms with E-state index in [9.17, 15) is 27.8 Å². The zero-order valence-corrected chi connectivity index (χ0v) is 22.3. The molecule has 3 N–H and O–H groups in total. The second kappa shape index (κ2) is 14.7. The number of hydrogen-bond acceptors (Lipinski definition) is 6. The number of alkyl halides is 3. The fourth-order valence-corrected chi connectivity index (χ4v) is 4.71. The molecule has 6 nitrogen and oxygen atoms in total. The van der Waals surface area contributed by atoms with E-state index >= 15 is 0 Å². The fraction of sp³-hybridized carbons (Fsp3) is 0.500. The number of halogens is 7. The lowest BCUT2D eigenvalue weighted by atomic mass is 10.0. The summed E-state index contributed by atoms with van der Waals surface area (Å²) in [5, 5.41) is 23.7. The number of aliphatic hydroxyl groups excluding tert-OH is 2. The Morgan fingerprint density at radius 3 is 2.19 bits per heavy atom. The summed E-state index contributed by atoms with van der Waals surface area (Å²) < 4.78 is 58.2. The van der Waals surface area contributed by atoms with Crippen LogP contribution in [0.25, 0.3) is 0 Å². The van der Waals surface area contributed by atoms with E-state index in [4.69, 9.17) is 4.74 Å². The Bertz CT molecular complexity index is 951. The molecule has 37 heavy (non-hydrogen) atoms. The molecule has 0 radical (unpaired) electrons. The number of benzene rings is 2. The minimum atomic E-state index is -4.39. The maximum absolute atomic E-state index is 13.1. The van der Waals surface area contributed by atoms with E-state index in [-0.39, 0.29) is 61.8 Å². The van der Waals surface area contributed by atoms with Gasteiger partial charge in [-0.3, -0.25) is 4.90 Å². The highest BCUT2D eigenvalue weighted by atomic mass is 35.5. The van der Waals surface area contributed by atoms with Gasteiger partial charge in [0.15, 0.2) is 0 Å². The second-order valence-electron chi connectivity index (χ2n) is 8.71. The van der Waals surface area contributed by atoms with Gasteiger partial charge in [-0.25, -0.2) is 4.39 Å². The van der Waals surface area contributed by atoms with E-state index in [2.05, 4.69) is 10.2 Å². The van der Waals surface area contributed by atoms with Crippen molar-refractivity contribution in [1.82, 2.24) is 10.2 Å². The Labute approximate surface area is 232 Å². The maximum Gasteiger partial charge on any atom is 0.416 e. The molecule has 0 spiro atoms. The van der Waals surface area contributed by atoms with E-state index in [0.717, 1.165) is 17.7 Å². The highest BCUT2D eigenvalue weighted by molar-refractivity contribution is 5.86. The van der Waals surface area contributed by atoms with Crippen LogP contribution in [0.4, 0.5) is 23.2 Å². The normalized spacial score (nSPS) is 24.1. The van der Waals surface area contributed by atoms with Gasteiger partial charge in [0, 0.05) is 45.0 Å². The first-order valence-corrected chi connectivity index (χ1v) is 11.3. The van der Waals surface area contributed by atoms with E-state index in [1.165, 1.54) is 18.2 Å². The molecule has 2 aromatic carbocycles. The smallest absolute Gasteiger partial charge is 0.394 e. The number of aliphatic hydroxyl groups is 2. The third-order valence-corrected chi connectivity index (χ3v) is 6.50. The Kier molecular flexibility index (Phi) is 13.4. The molecule has 2 heterocycles. The van der Waals surface area contributed by atoms with Crippen LogP contribution in [0.2, 0.25) is 0 Å². The quantitative estimate of drug-likeness (QED) is 0.428. The minimum Gasteiger partial charge on any atom is -0.394 e. The molecule has 0 aliphatic carbocycles. The molecule has 0 saturated carbocycles. The summed E-state index contributed by atoms with van der Waals surface area (Å²) in [5.74, 6) is -0.305. The number of hydrogen-bond donors (Lipinski definition) is 3. The summed E-state index contributed by atoms with van der Waals surface area (Å²) in [6, 6.07) is 11.1. The minimum absolute atomic E-state index is 0. The summed E-state index contributed by atoms with van der Waals surface area (Å²) in [5.41, 5.74) is 0.749. The molecule has 2 aliphatic rings. The van der Waals surface area contributed by atoms with Crippen LogP contribution in [-0.2, 0) is 17.5 Å². The summed E-state index contributed by atoms with van der Waals surface area (Å²) >= 11 is 0. The van der Waals surface area contributed by atoms with Crippen molar-refractivity contribution in [3.8, 4) is 0 Å². The van der Waals surface area contributed by atoms with E-state index in [0.29, 0.717) is 45.0 Å². The molecule has 210 valence electrons. The van der Waals surface area contributed by atoms with Crippen molar-refractivity contribution in [3.63, 3.8) is 0 Å². The first-order chi connectivity index (χ1) is 16.3. The van der Waals surface area contributed by atoms with Crippen molar-refractivity contribution in [1.29, 1.82) is 0 Å². The molecule has 2 fully saturated rings. The molecule has 4 atom stereocenters. The summed E-state index contributed by atoms with van der Waals surface area (Å²) in [4.78, 5) is 3.98. The molecule has 13 heteroatoms. The van der Waals surface area contributed by atoms with E-state index < -0.39 is 23.9 Å². The van der Waals surface area contributed by atoms with Gasteiger partial charge in [0.05, 0.1) is 24.3 Å². The molecule has 0 amide bonds. The monoisotopic (exact) mass is 591 g/mol. The Hall–Kier alpha value is -1.37. The number of ether oxygens (including phenoxy) is 1. The molecule has 0 unspecified atom stereocenters. The molecular weight excluding hydrogens is 561 g/mol.